The van der Waals surface area contributed by atoms with Crippen molar-refractivity contribution in [3.05, 3.63) is 83.7 Å². The zero-order chi connectivity index (χ0) is 25.2. The highest BCUT2D eigenvalue weighted by Gasteiger charge is 2.22. The van der Waals surface area contributed by atoms with Crippen LogP contribution in [0.1, 0.15) is 51.6 Å². The molecule has 0 N–H and O–H groups in total. The van der Waals surface area contributed by atoms with Gasteiger partial charge in [-0.3, -0.25) is 0 Å². The van der Waals surface area contributed by atoms with Crippen molar-refractivity contribution >= 4 is 43.6 Å². The normalized spacial score (nSPS) is 12.5. The second-order valence-corrected chi connectivity index (χ2v) is 11.5. The van der Waals surface area contributed by atoms with Gasteiger partial charge in [-0.25, -0.2) is 4.98 Å². The highest BCUT2D eigenvalue weighted by atomic mass is 16.3. The van der Waals surface area contributed by atoms with E-state index in [1.165, 1.54) is 27.3 Å². The average Bonchev–Trinajstić information content (AvgIpc) is 3.20. The molecule has 2 aromatic heterocycles. The Hall–Kier alpha value is -3.72. The third-order valence-electron chi connectivity index (χ3n) is 7.08. The highest BCUT2D eigenvalue weighted by molar-refractivity contribution is 6.18. The lowest BCUT2D eigenvalue weighted by Crippen LogP contribution is -2.12. The minimum atomic E-state index is -0.000829. The number of aryl methyl sites for hydroxylation is 1. The summed E-state index contributed by atoms with van der Waals surface area (Å²) in [4.78, 5) is 9.70. The number of hydrogen-bond donors (Lipinski definition) is 0. The molecule has 4 aromatic carbocycles. The van der Waals surface area contributed by atoms with E-state index < -0.39 is 0 Å². The standard InChI is InChI=1S/C33H32N2O/c1-19(2)15-21-11-13-26-23(16-21)12-14-27-29-30(34-20(3)35-32(29)36-31(26)27)24-17-22-9-7-8-10-25(22)28(18-24)33(4,5)6/h7-14,16-19H,15H2,1-6H3. The van der Waals surface area contributed by atoms with E-state index >= 15 is 0 Å². The summed E-state index contributed by atoms with van der Waals surface area (Å²) in [7, 11) is 0. The lowest BCUT2D eigenvalue weighted by Gasteiger charge is -2.23. The van der Waals surface area contributed by atoms with Gasteiger partial charge >= 0.3 is 0 Å². The Bertz CT molecular complexity index is 1780. The molecule has 0 fully saturated rings. The van der Waals surface area contributed by atoms with Gasteiger partial charge in [0.05, 0.1) is 11.1 Å². The molecule has 0 radical (unpaired) electrons. The van der Waals surface area contributed by atoms with Gasteiger partial charge < -0.3 is 4.42 Å². The summed E-state index contributed by atoms with van der Waals surface area (Å²) in [5.41, 5.74) is 6.24. The van der Waals surface area contributed by atoms with Crippen molar-refractivity contribution in [3.8, 4) is 11.3 Å². The minimum absolute atomic E-state index is 0.000829. The molecule has 0 atom stereocenters. The molecule has 0 bridgehead atoms. The van der Waals surface area contributed by atoms with Crippen LogP contribution in [0.15, 0.2) is 71.1 Å². The summed E-state index contributed by atoms with van der Waals surface area (Å²) in [6.45, 7) is 13.3. The van der Waals surface area contributed by atoms with Gasteiger partial charge in [0.2, 0.25) is 5.71 Å². The van der Waals surface area contributed by atoms with Gasteiger partial charge in [-0.05, 0) is 70.2 Å². The summed E-state index contributed by atoms with van der Waals surface area (Å²) in [5.74, 6) is 1.34. The predicted octanol–water partition coefficient (Wildman–Crippen LogP) is 9.15. The van der Waals surface area contributed by atoms with Crippen LogP contribution >= 0.6 is 0 Å². The van der Waals surface area contributed by atoms with Gasteiger partial charge in [-0.1, -0.05) is 83.1 Å². The van der Waals surface area contributed by atoms with Crippen molar-refractivity contribution < 1.29 is 4.42 Å². The molecule has 0 amide bonds. The molecule has 0 spiro atoms. The fourth-order valence-electron chi connectivity index (χ4n) is 5.49. The molecule has 0 aliphatic heterocycles. The summed E-state index contributed by atoms with van der Waals surface area (Å²) in [5, 5.41) is 6.88. The third-order valence-corrected chi connectivity index (χ3v) is 7.08. The molecule has 180 valence electrons. The molecule has 0 saturated heterocycles. The maximum atomic E-state index is 6.46. The number of benzene rings is 4. The van der Waals surface area contributed by atoms with E-state index in [9.17, 15) is 0 Å². The van der Waals surface area contributed by atoms with Crippen molar-refractivity contribution in [2.45, 2.75) is 53.4 Å². The number of rotatable bonds is 3. The molecule has 2 heterocycles. The topological polar surface area (TPSA) is 38.9 Å². The SMILES string of the molecule is Cc1nc(-c2cc(C(C)(C)C)c3ccccc3c2)c2c(n1)oc1c3ccc(CC(C)C)cc3ccc12. The fraction of sp³-hybridized carbons (Fsp3) is 0.273. The molecule has 0 saturated carbocycles. The van der Waals surface area contributed by atoms with Gasteiger partial charge in [0.25, 0.3) is 0 Å². The summed E-state index contributed by atoms with van der Waals surface area (Å²) in [6, 6.07) is 24.3. The first-order valence-electron chi connectivity index (χ1n) is 12.8. The van der Waals surface area contributed by atoms with Crippen molar-refractivity contribution in [2.75, 3.05) is 0 Å². The zero-order valence-electron chi connectivity index (χ0n) is 21.9. The quantitative estimate of drug-likeness (QED) is 0.258. The maximum Gasteiger partial charge on any atom is 0.231 e. The van der Waals surface area contributed by atoms with Crippen LogP contribution in [0.3, 0.4) is 0 Å². The number of aromatic nitrogens is 2. The molecule has 0 aliphatic carbocycles. The van der Waals surface area contributed by atoms with E-state index in [1.807, 2.05) is 6.92 Å². The lowest BCUT2D eigenvalue weighted by atomic mass is 9.82. The first-order chi connectivity index (χ1) is 17.2. The van der Waals surface area contributed by atoms with Crippen LogP contribution in [0.25, 0.3) is 54.9 Å². The van der Waals surface area contributed by atoms with Crippen molar-refractivity contribution in [1.82, 2.24) is 9.97 Å². The lowest BCUT2D eigenvalue weighted by molar-refractivity contribution is 0.596. The Morgan fingerprint density at radius 3 is 2.33 bits per heavy atom. The van der Waals surface area contributed by atoms with Crippen LogP contribution in [0, 0.1) is 12.8 Å². The van der Waals surface area contributed by atoms with E-state index in [0.717, 1.165) is 39.4 Å². The summed E-state index contributed by atoms with van der Waals surface area (Å²) in [6.07, 6.45) is 1.07. The Morgan fingerprint density at radius 2 is 1.56 bits per heavy atom. The Kier molecular flexibility index (Phi) is 5.15. The maximum absolute atomic E-state index is 6.46. The molecule has 3 heteroatoms. The summed E-state index contributed by atoms with van der Waals surface area (Å²) < 4.78 is 6.46. The molecular formula is C33H32N2O. The Balaban J connectivity index is 1.65. The minimum Gasteiger partial charge on any atom is -0.437 e. The van der Waals surface area contributed by atoms with E-state index in [0.29, 0.717) is 17.5 Å². The average molecular weight is 473 g/mol. The third kappa shape index (κ3) is 3.74. The molecule has 0 unspecified atom stereocenters. The van der Waals surface area contributed by atoms with Gasteiger partial charge in [-0.2, -0.15) is 4.98 Å². The zero-order valence-corrected chi connectivity index (χ0v) is 21.9. The first-order valence-corrected chi connectivity index (χ1v) is 12.8. The smallest absolute Gasteiger partial charge is 0.231 e. The molecule has 0 aliphatic rings. The first kappa shape index (κ1) is 22.7. The van der Waals surface area contributed by atoms with E-state index in [4.69, 9.17) is 14.4 Å². The van der Waals surface area contributed by atoms with Crippen LogP contribution < -0.4 is 0 Å². The van der Waals surface area contributed by atoms with Gasteiger partial charge in [0.15, 0.2) is 0 Å². The van der Waals surface area contributed by atoms with Crippen LogP contribution in [0.4, 0.5) is 0 Å². The van der Waals surface area contributed by atoms with Crippen LogP contribution in [-0.2, 0) is 11.8 Å². The van der Waals surface area contributed by atoms with Crippen molar-refractivity contribution in [1.29, 1.82) is 0 Å². The van der Waals surface area contributed by atoms with E-state index in [2.05, 4.69) is 101 Å². The van der Waals surface area contributed by atoms with Crippen LogP contribution in [0.2, 0.25) is 0 Å². The van der Waals surface area contributed by atoms with Crippen molar-refractivity contribution in [2.24, 2.45) is 5.92 Å². The van der Waals surface area contributed by atoms with Crippen LogP contribution in [0.5, 0.6) is 0 Å². The van der Waals surface area contributed by atoms with Gasteiger partial charge in [0, 0.05) is 16.3 Å². The van der Waals surface area contributed by atoms with E-state index in [-0.39, 0.29) is 5.41 Å². The predicted molar refractivity (Wildman–Crippen MR) is 152 cm³/mol. The molecule has 36 heavy (non-hydrogen) atoms. The molecular weight excluding hydrogens is 440 g/mol. The number of fused-ring (bicyclic) bond motifs is 6. The van der Waals surface area contributed by atoms with Crippen LogP contribution in [-0.4, -0.2) is 9.97 Å². The van der Waals surface area contributed by atoms with Gasteiger partial charge in [0.1, 0.15) is 11.4 Å². The Morgan fingerprint density at radius 1 is 0.806 bits per heavy atom. The number of nitrogens with zero attached hydrogens (tertiary/aromatic N) is 2. The summed E-state index contributed by atoms with van der Waals surface area (Å²) >= 11 is 0. The molecule has 3 nitrogen and oxygen atoms in total. The number of furan rings is 1. The molecule has 6 aromatic rings. The second-order valence-electron chi connectivity index (χ2n) is 11.5. The second kappa shape index (κ2) is 8.16. The fourth-order valence-corrected chi connectivity index (χ4v) is 5.49. The van der Waals surface area contributed by atoms with Crippen molar-refractivity contribution in [3.63, 3.8) is 0 Å². The number of hydrogen-bond acceptors (Lipinski definition) is 3. The van der Waals surface area contributed by atoms with E-state index in [1.54, 1.807) is 0 Å². The highest BCUT2D eigenvalue weighted by Crippen LogP contribution is 2.41. The van der Waals surface area contributed by atoms with Gasteiger partial charge in [-0.15, -0.1) is 0 Å². The monoisotopic (exact) mass is 472 g/mol. The molecule has 6 rings (SSSR count). The largest absolute Gasteiger partial charge is 0.437 e. The Labute approximate surface area is 212 Å².